The number of carbonyl (C=O) groups excluding carboxylic acids is 1. The molecular weight excluding hydrogens is 244 g/mol. The molecule has 0 aromatic rings. The number of hydrogen-bond donors (Lipinski definition) is 1. The normalized spacial score (nSPS) is 25.6. The Balaban J connectivity index is 2.33. The van der Waals surface area contributed by atoms with Crippen molar-refractivity contribution >= 4 is 5.97 Å². The minimum Gasteiger partial charge on any atom is -0.460 e. The molecule has 1 rings (SSSR count). The van der Waals surface area contributed by atoms with Gasteiger partial charge in [0, 0.05) is 6.42 Å². The van der Waals surface area contributed by atoms with E-state index in [2.05, 4.69) is 13.8 Å². The summed E-state index contributed by atoms with van der Waals surface area (Å²) >= 11 is 0. The third kappa shape index (κ3) is 5.91. The molecule has 0 bridgehead atoms. The van der Waals surface area contributed by atoms with Gasteiger partial charge in [0.2, 0.25) is 0 Å². The van der Waals surface area contributed by atoms with Gasteiger partial charge in [-0.1, -0.05) is 27.2 Å². The summed E-state index contributed by atoms with van der Waals surface area (Å²) in [4.78, 5) is 11.0. The van der Waals surface area contributed by atoms with Crippen LogP contribution in [0.4, 0.5) is 0 Å². The van der Waals surface area contributed by atoms with E-state index in [0.717, 1.165) is 12.8 Å². The van der Waals surface area contributed by atoms with Crippen LogP contribution in [-0.4, -0.2) is 30.1 Å². The summed E-state index contributed by atoms with van der Waals surface area (Å²) in [5.74, 6) is 0.161. The van der Waals surface area contributed by atoms with Crippen LogP contribution in [0, 0.1) is 11.3 Å². The van der Waals surface area contributed by atoms with E-state index in [1.165, 1.54) is 12.8 Å². The van der Waals surface area contributed by atoms with Crippen LogP contribution >= 0.6 is 0 Å². The largest absolute Gasteiger partial charge is 0.460 e. The number of aliphatic hydroxyl groups excluding tert-OH is 1. The maximum absolute atomic E-state index is 11.0. The van der Waals surface area contributed by atoms with Crippen molar-refractivity contribution in [1.29, 1.82) is 0 Å². The zero-order chi connectivity index (χ0) is 14.5. The highest BCUT2D eigenvalue weighted by Crippen LogP contribution is 2.40. The van der Waals surface area contributed by atoms with Crippen LogP contribution in [0.2, 0.25) is 0 Å². The van der Waals surface area contributed by atoms with Crippen molar-refractivity contribution in [3.63, 3.8) is 0 Å². The van der Waals surface area contributed by atoms with Crippen LogP contribution < -0.4 is 0 Å². The standard InChI is InChI=1S/C15H28O4/c1-5-13(16)18-10-14(17)19-11(2)12-7-6-8-15(3,4)9-12/h11-12,14,17H,5-10H2,1-4H3/t11-,12+,14?/m0/s1. The fourth-order valence-electron chi connectivity index (χ4n) is 2.82. The Labute approximate surface area is 116 Å². The summed E-state index contributed by atoms with van der Waals surface area (Å²) in [6.07, 6.45) is 4.03. The van der Waals surface area contributed by atoms with E-state index in [4.69, 9.17) is 9.47 Å². The monoisotopic (exact) mass is 272 g/mol. The second-order valence-electron chi connectivity index (χ2n) is 6.35. The summed E-state index contributed by atoms with van der Waals surface area (Å²) in [5, 5.41) is 9.73. The van der Waals surface area contributed by atoms with Crippen LogP contribution in [0.15, 0.2) is 0 Å². The SMILES string of the molecule is CCC(=O)OCC(O)O[C@@H](C)[C@@H]1CCCC(C)(C)C1. The molecule has 1 aliphatic carbocycles. The number of hydrogen-bond acceptors (Lipinski definition) is 4. The average molecular weight is 272 g/mol. The predicted octanol–water partition coefficient (Wildman–Crippen LogP) is 2.88. The van der Waals surface area contributed by atoms with Gasteiger partial charge in [0.05, 0.1) is 6.10 Å². The Bertz CT molecular complexity index is 288. The van der Waals surface area contributed by atoms with E-state index in [-0.39, 0.29) is 18.7 Å². The first-order valence-electron chi connectivity index (χ1n) is 7.33. The lowest BCUT2D eigenvalue weighted by Crippen LogP contribution is -2.34. The van der Waals surface area contributed by atoms with Crippen molar-refractivity contribution in [1.82, 2.24) is 0 Å². The molecule has 0 heterocycles. The van der Waals surface area contributed by atoms with Crippen molar-refractivity contribution in [2.75, 3.05) is 6.61 Å². The molecule has 0 aromatic heterocycles. The highest BCUT2D eigenvalue weighted by molar-refractivity contribution is 5.68. The van der Waals surface area contributed by atoms with E-state index in [1.807, 2.05) is 6.92 Å². The van der Waals surface area contributed by atoms with E-state index in [0.29, 0.717) is 17.8 Å². The summed E-state index contributed by atoms with van der Waals surface area (Å²) in [6, 6.07) is 0. The molecule has 0 aliphatic heterocycles. The second kappa shape index (κ2) is 7.25. The third-order valence-corrected chi connectivity index (χ3v) is 3.95. The fourth-order valence-corrected chi connectivity index (χ4v) is 2.82. The third-order valence-electron chi connectivity index (χ3n) is 3.95. The number of esters is 1. The molecule has 19 heavy (non-hydrogen) atoms. The maximum atomic E-state index is 11.0. The first kappa shape index (κ1) is 16.4. The van der Waals surface area contributed by atoms with Crippen molar-refractivity contribution in [2.24, 2.45) is 11.3 Å². The number of ether oxygens (including phenoxy) is 2. The van der Waals surface area contributed by atoms with Crippen LogP contribution in [0.1, 0.15) is 59.8 Å². The predicted molar refractivity (Wildman–Crippen MR) is 73.5 cm³/mol. The lowest BCUT2D eigenvalue weighted by molar-refractivity contribution is -0.186. The molecular formula is C15H28O4. The minimum atomic E-state index is -1.02. The van der Waals surface area contributed by atoms with Gasteiger partial charge in [-0.25, -0.2) is 0 Å². The number of aliphatic hydroxyl groups is 1. The molecule has 1 N–H and O–H groups in total. The number of rotatable bonds is 6. The molecule has 1 unspecified atom stereocenters. The van der Waals surface area contributed by atoms with Crippen molar-refractivity contribution < 1.29 is 19.4 Å². The van der Waals surface area contributed by atoms with Crippen molar-refractivity contribution in [3.05, 3.63) is 0 Å². The smallest absolute Gasteiger partial charge is 0.305 e. The molecule has 0 radical (unpaired) electrons. The molecule has 1 aliphatic rings. The van der Waals surface area contributed by atoms with Crippen molar-refractivity contribution in [3.8, 4) is 0 Å². The average Bonchev–Trinajstić information content (AvgIpc) is 2.34. The highest BCUT2D eigenvalue weighted by atomic mass is 16.6. The van der Waals surface area contributed by atoms with Gasteiger partial charge in [0.1, 0.15) is 6.61 Å². The van der Waals surface area contributed by atoms with Gasteiger partial charge in [-0.15, -0.1) is 0 Å². The summed E-state index contributed by atoms with van der Waals surface area (Å²) in [6.45, 7) is 8.21. The Morgan fingerprint density at radius 2 is 2.16 bits per heavy atom. The highest BCUT2D eigenvalue weighted by Gasteiger charge is 2.32. The minimum absolute atomic E-state index is 0.00472. The number of carbonyl (C=O) groups is 1. The topological polar surface area (TPSA) is 55.8 Å². The first-order valence-corrected chi connectivity index (χ1v) is 7.33. The van der Waals surface area contributed by atoms with Gasteiger partial charge in [0.25, 0.3) is 0 Å². The Morgan fingerprint density at radius 3 is 2.74 bits per heavy atom. The van der Waals surface area contributed by atoms with Crippen LogP contribution in [-0.2, 0) is 14.3 Å². The molecule has 112 valence electrons. The van der Waals surface area contributed by atoms with Crippen LogP contribution in [0.25, 0.3) is 0 Å². The summed E-state index contributed by atoms with van der Waals surface area (Å²) in [5.41, 5.74) is 0.361. The molecule has 1 saturated carbocycles. The van der Waals surface area contributed by atoms with Gasteiger partial charge < -0.3 is 14.6 Å². The molecule has 4 heteroatoms. The fraction of sp³-hybridized carbons (Fsp3) is 0.933. The molecule has 0 spiro atoms. The summed E-state index contributed by atoms with van der Waals surface area (Å²) in [7, 11) is 0. The zero-order valence-electron chi connectivity index (χ0n) is 12.6. The van der Waals surface area contributed by atoms with Gasteiger partial charge in [-0.2, -0.15) is 0 Å². The summed E-state index contributed by atoms with van der Waals surface area (Å²) < 4.78 is 10.4. The lowest BCUT2D eigenvalue weighted by atomic mass is 9.71. The van der Waals surface area contributed by atoms with E-state index >= 15 is 0 Å². The van der Waals surface area contributed by atoms with Gasteiger partial charge in [0.15, 0.2) is 6.29 Å². The van der Waals surface area contributed by atoms with Gasteiger partial charge >= 0.3 is 5.97 Å². The Morgan fingerprint density at radius 1 is 1.47 bits per heavy atom. The van der Waals surface area contributed by atoms with E-state index in [1.54, 1.807) is 6.92 Å². The van der Waals surface area contributed by atoms with Gasteiger partial charge in [-0.05, 0) is 37.5 Å². The van der Waals surface area contributed by atoms with Crippen LogP contribution in [0.5, 0.6) is 0 Å². The quantitative estimate of drug-likeness (QED) is 0.596. The molecule has 4 nitrogen and oxygen atoms in total. The Hall–Kier alpha value is -0.610. The van der Waals surface area contributed by atoms with Crippen molar-refractivity contribution in [2.45, 2.75) is 72.2 Å². The van der Waals surface area contributed by atoms with E-state index in [9.17, 15) is 9.90 Å². The zero-order valence-corrected chi connectivity index (χ0v) is 12.6. The molecule has 0 aromatic carbocycles. The molecule has 3 atom stereocenters. The lowest BCUT2D eigenvalue weighted by Gasteiger charge is -2.38. The van der Waals surface area contributed by atoms with E-state index < -0.39 is 6.29 Å². The molecule has 1 fully saturated rings. The molecule has 0 amide bonds. The van der Waals surface area contributed by atoms with Gasteiger partial charge in [-0.3, -0.25) is 4.79 Å². The second-order valence-corrected chi connectivity index (χ2v) is 6.35. The first-order chi connectivity index (χ1) is 8.84. The van der Waals surface area contributed by atoms with Crippen LogP contribution in [0.3, 0.4) is 0 Å². The Kier molecular flexibility index (Phi) is 6.27. The maximum Gasteiger partial charge on any atom is 0.305 e. The molecule has 0 saturated heterocycles.